The number of nitrogens with zero attached hydrogens (tertiary/aromatic N) is 2. The van der Waals surface area contributed by atoms with Gasteiger partial charge in [-0.1, -0.05) is 30.3 Å². The Morgan fingerprint density at radius 1 is 1.00 bits per heavy atom. The van der Waals surface area contributed by atoms with E-state index in [1.807, 2.05) is 35.2 Å². The average Bonchev–Trinajstić information content (AvgIpc) is 3.18. The predicted octanol–water partition coefficient (Wildman–Crippen LogP) is 0.848. The molecule has 176 valence electrons. The number of nitrogens with one attached hydrogen (secondary N) is 1. The zero-order chi connectivity index (χ0) is 24.5. The van der Waals surface area contributed by atoms with E-state index >= 15 is 0 Å². The summed E-state index contributed by atoms with van der Waals surface area (Å²) in [5, 5.41) is 2.32. The van der Waals surface area contributed by atoms with Crippen molar-refractivity contribution >= 4 is 33.4 Å². The Morgan fingerprint density at radius 2 is 1.71 bits per heavy atom. The minimum absolute atomic E-state index is 0.219. The van der Waals surface area contributed by atoms with Gasteiger partial charge in [0.1, 0.15) is 18.4 Å². The summed E-state index contributed by atoms with van der Waals surface area (Å²) in [4.78, 5) is 40.3. The molecule has 10 heteroatoms. The van der Waals surface area contributed by atoms with Crippen molar-refractivity contribution in [3.05, 3.63) is 64.7 Å². The van der Waals surface area contributed by atoms with Gasteiger partial charge in [0.15, 0.2) is 0 Å². The number of rotatable bonds is 6. The summed E-state index contributed by atoms with van der Waals surface area (Å²) in [5.41, 5.74) is 3.36. The van der Waals surface area contributed by atoms with Gasteiger partial charge < -0.3 is 19.3 Å². The molecule has 2 aromatic carbocycles. The molecule has 3 unspecified atom stereocenters. The van der Waals surface area contributed by atoms with E-state index in [1.54, 1.807) is 12.1 Å². The number of imide groups is 1. The number of ether oxygens (including phenoxy) is 2. The standard InChI is InChI=1S/C25H25B2N3O5/c26-21-13-34-14-22(27)30(21)10-15-4-6-16(7-5-15)12-35-20-3-1-2-17-18(20)11-29(25(17)33)19-8-9-23(31)28-24(19)32/h1-7,19,21-22H,8-14H2,(H,28,31,32). The highest BCUT2D eigenvalue weighted by Crippen LogP contribution is 2.34. The maximum atomic E-state index is 13.0. The molecule has 4 radical (unpaired) electrons. The van der Waals surface area contributed by atoms with Crippen LogP contribution in [0.4, 0.5) is 0 Å². The number of carbonyl (C=O) groups is 3. The van der Waals surface area contributed by atoms with Crippen LogP contribution in [0.25, 0.3) is 0 Å². The molecule has 0 aliphatic carbocycles. The largest absolute Gasteiger partial charge is 0.489 e. The number of hydrogen-bond acceptors (Lipinski definition) is 6. The Hall–Kier alpha value is -3.10. The highest BCUT2D eigenvalue weighted by molar-refractivity contribution is 6.15. The number of amides is 3. The SMILES string of the molecule is [B]C1COCC([B])N1Cc1ccc(COc2cccc3c2CN(C2CCC(=O)NC2=O)C3=O)cc1. The van der Waals surface area contributed by atoms with Crippen molar-refractivity contribution in [3.63, 3.8) is 0 Å². The van der Waals surface area contributed by atoms with Crippen LogP contribution in [-0.4, -0.2) is 74.4 Å². The van der Waals surface area contributed by atoms with Crippen LogP contribution < -0.4 is 10.1 Å². The number of morpholine rings is 1. The molecule has 3 aliphatic rings. The molecule has 8 nitrogen and oxygen atoms in total. The van der Waals surface area contributed by atoms with Gasteiger partial charge in [-0.05, 0) is 41.6 Å². The Kier molecular flexibility index (Phi) is 6.67. The monoisotopic (exact) mass is 469 g/mol. The second kappa shape index (κ2) is 9.87. The lowest BCUT2D eigenvalue weighted by atomic mass is 9.85. The van der Waals surface area contributed by atoms with Gasteiger partial charge >= 0.3 is 0 Å². The van der Waals surface area contributed by atoms with Crippen molar-refractivity contribution in [1.82, 2.24) is 15.1 Å². The van der Waals surface area contributed by atoms with Gasteiger partial charge in [0.05, 0.1) is 35.5 Å². The van der Waals surface area contributed by atoms with Gasteiger partial charge in [0.2, 0.25) is 11.8 Å². The fourth-order valence-electron chi connectivity index (χ4n) is 4.79. The number of piperidine rings is 1. The third-order valence-electron chi connectivity index (χ3n) is 6.75. The quantitative estimate of drug-likeness (QED) is 0.499. The molecule has 2 fully saturated rings. The van der Waals surface area contributed by atoms with Crippen molar-refractivity contribution in [2.24, 2.45) is 0 Å². The summed E-state index contributed by atoms with van der Waals surface area (Å²) in [5.74, 6) is -0.803. The normalized spacial score (nSPS) is 24.9. The molecule has 0 aromatic heterocycles. The van der Waals surface area contributed by atoms with Crippen LogP contribution in [0.2, 0.25) is 0 Å². The summed E-state index contributed by atoms with van der Waals surface area (Å²) in [6, 6.07) is 12.7. The van der Waals surface area contributed by atoms with Gasteiger partial charge in [0, 0.05) is 24.1 Å². The van der Waals surface area contributed by atoms with Crippen LogP contribution >= 0.6 is 0 Å². The highest BCUT2D eigenvalue weighted by Gasteiger charge is 2.40. The molecule has 3 aliphatic heterocycles. The third kappa shape index (κ3) is 4.86. The summed E-state index contributed by atoms with van der Waals surface area (Å²) >= 11 is 0. The number of benzene rings is 2. The molecule has 2 saturated heterocycles. The van der Waals surface area contributed by atoms with Crippen molar-refractivity contribution in [2.45, 2.75) is 50.5 Å². The molecule has 3 heterocycles. The zero-order valence-electron chi connectivity index (χ0n) is 19.3. The third-order valence-corrected chi connectivity index (χ3v) is 6.75. The van der Waals surface area contributed by atoms with Crippen molar-refractivity contribution in [2.75, 3.05) is 13.2 Å². The maximum Gasteiger partial charge on any atom is 0.255 e. The minimum atomic E-state index is -0.652. The Labute approximate surface area is 206 Å². The van der Waals surface area contributed by atoms with Crippen LogP contribution in [0, 0.1) is 0 Å². The van der Waals surface area contributed by atoms with Crippen LogP contribution in [0.5, 0.6) is 5.75 Å². The van der Waals surface area contributed by atoms with Crippen LogP contribution in [0.3, 0.4) is 0 Å². The van der Waals surface area contributed by atoms with Gasteiger partial charge in [-0.2, -0.15) is 0 Å². The molecule has 0 bridgehead atoms. The average molecular weight is 469 g/mol. The van der Waals surface area contributed by atoms with E-state index in [1.165, 1.54) is 4.90 Å². The van der Waals surface area contributed by atoms with E-state index in [9.17, 15) is 14.4 Å². The highest BCUT2D eigenvalue weighted by atomic mass is 16.5. The van der Waals surface area contributed by atoms with Crippen LogP contribution in [0.15, 0.2) is 42.5 Å². The summed E-state index contributed by atoms with van der Waals surface area (Å²) < 4.78 is 11.5. The lowest BCUT2D eigenvalue weighted by Crippen LogP contribution is -2.52. The van der Waals surface area contributed by atoms with Crippen molar-refractivity contribution in [3.8, 4) is 5.75 Å². The molecular formula is C25H25B2N3O5. The minimum Gasteiger partial charge on any atom is -0.489 e. The smallest absolute Gasteiger partial charge is 0.255 e. The molecular weight excluding hydrogens is 444 g/mol. The second-order valence-electron chi connectivity index (χ2n) is 9.13. The Balaban J connectivity index is 1.23. The van der Waals surface area contributed by atoms with E-state index in [-0.39, 0.29) is 36.7 Å². The van der Waals surface area contributed by atoms with E-state index < -0.39 is 11.9 Å². The fourth-order valence-corrected chi connectivity index (χ4v) is 4.79. The maximum absolute atomic E-state index is 13.0. The Bertz CT molecular complexity index is 1130. The number of hydrogen-bond donors (Lipinski definition) is 1. The molecule has 3 atom stereocenters. The van der Waals surface area contributed by atoms with Gasteiger partial charge in [-0.25, -0.2) is 0 Å². The predicted molar refractivity (Wildman–Crippen MR) is 129 cm³/mol. The molecule has 5 rings (SSSR count). The first-order valence-corrected chi connectivity index (χ1v) is 11.7. The second-order valence-corrected chi connectivity index (χ2v) is 9.13. The molecule has 0 spiro atoms. The van der Waals surface area contributed by atoms with E-state index in [2.05, 4.69) is 5.32 Å². The first-order chi connectivity index (χ1) is 16.9. The fraction of sp³-hybridized carbons (Fsp3) is 0.400. The van der Waals surface area contributed by atoms with Crippen molar-refractivity contribution < 1.29 is 23.9 Å². The molecule has 3 amide bonds. The van der Waals surface area contributed by atoms with E-state index in [0.717, 1.165) is 16.7 Å². The summed E-state index contributed by atoms with van der Waals surface area (Å²) in [6.45, 7) is 2.17. The van der Waals surface area contributed by atoms with Crippen LogP contribution in [0.1, 0.15) is 39.9 Å². The van der Waals surface area contributed by atoms with Crippen molar-refractivity contribution in [1.29, 1.82) is 0 Å². The molecule has 35 heavy (non-hydrogen) atoms. The first-order valence-electron chi connectivity index (χ1n) is 11.7. The van der Waals surface area contributed by atoms with Gasteiger partial charge in [0.25, 0.3) is 5.91 Å². The first kappa shape index (κ1) is 23.6. The topological polar surface area (TPSA) is 88.2 Å². The molecule has 2 aromatic rings. The number of carbonyl (C=O) groups excluding carboxylic acids is 3. The van der Waals surface area contributed by atoms with E-state index in [4.69, 9.17) is 25.2 Å². The lowest BCUT2D eigenvalue weighted by molar-refractivity contribution is -0.136. The summed E-state index contributed by atoms with van der Waals surface area (Å²) in [6.07, 6.45) is 0.548. The van der Waals surface area contributed by atoms with Crippen LogP contribution in [-0.2, 0) is 34.0 Å². The van der Waals surface area contributed by atoms with E-state index in [0.29, 0.717) is 44.1 Å². The summed E-state index contributed by atoms with van der Waals surface area (Å²) in [7, 11) is 12.2. The Morgan fingerprint density at radius 3 is 2.43 bits per heavy atom. The van der Waals surface area contributed by atoms with Gasteiger partial charge in [-0.15, -0.1) is 0 Å². The number of fused-ring (bicyclic) bond motifs is 1. The zero-order valence-corrected chi connectivity index (χ0v) is 19.3. The molecule has 1 N–H and O–H groups in total. The van der Waals surface area contributed by atoms with Gasteiger partial charge in [-0.3, -0.25) is 19.7 Å². The lowest BCUT2D eigenvalue weighted by Gasteiger charge is -2.39. The molecule has 0 saturated carbocycles.